The van der Waals surface area contributed by atoms with E-state index in [4.69, 9.17) is 10.1 Å². The second-order valence-corrected chi connectivity index (χ2v) is 5.46. The van der Waals surface area contributed by atoms with Crippen molar-refractivity contribution < 1.29 is 14.7 Å². The maximum atomic E-state index is 10.0. The molecule has 6 nitrogen and oxygen atoms in total. The van der Waals surface area contributed by atoms with Crippen LogP contribution in [-0.4, -0.2) is 30.0 Å². The van der Waals surface area contributed by atoms with E-state index in [1.54, 1.807) is 19.2 Å². The number of rotatable bonds is 3. The molecule has 0 saturated carbocycles. The quantitative estimate of drug-likeness (QED) is 0.252. The molecule has 118 valence electrons. The van der Waals surface area contributed by atoms with Crippen LogP contribution < -0.4 is 10.6 Å². The number of phenolic OH excluding ortho intramolecular Hbond substituents is 1. The van der Waals surface area contributed by atoms with E-state index in [2.05, 4.69) is 26.6 Å². The van der Waals surface area contributed by atoms with Crippen LogP contribution in [0.15, 0.2) is 46.9 Å². The molecule has 0 atom stereocenters. The predicted molar refractivity (Wildman–Crippen MR) is 92.4 cm³/mol. The topological polar surface area (TPSA) is 80.3 Å². The van der Waals surface area contributed by atoms with Crippen LogP contribution in [-0.2, 0) is 4.84 Å². The zero-order chi connectivity index (χ0) is 16.8. The summed E-state index contributed by atoms with van der Waals surface area (Å²) in [4.78, 5) is 5.20. The second-order valence-electron chi connectivity index (χ2n) is 4.60. The number of nitrogens with zero attached hydrogens (tertiary/aromatic N) is 2. The molecular weight excluding hydrogens is 360 g/mol. The van der Waals surface area contributed by atoms with Gasteiger partial charge in [0.2, 0.25) is 0 Å². The first-order valence-corrected chi connectivity index (χ1v) is 7.51. The van der Waals surface area contributed by atoms with E-state index in [9.17, 15) is 5.11 Å². The number of aromatic hydroxyl groups is 1. The van der Waals surface area contributed by atoms with Gasteiger partial charge >= 0.3 is 5.96 Å². The van der Waals surface area contributed by atoms with E-state index in [-0.39, 0.29) is 5.75 Å². The van der Waals surface area contributed by atoms with E-state index in [0.717, 1.165) is 10.2 Å². The van der Waals surface area contributed by atoms with Crippen LogP contribution in [0.2, 0.25) is 0 Å². The van der Waals surface area contributed by atoms with Gasteiger partial charge < -0.3 is 9.94 Å². The highest BCUT2D eigenvalue weighted by Crippen LogP contribution is 2.25. The van der Waals surface area contributed by atoms with Crippen molar-refractivity contribution in [3.63, 3.8) is 0 Å². The van der Waals surface area contributed by atoms with E-state index < -0.39 is 0 Å². The molecule has 2 rings (SSSR count). The summed E-state index contributed by atoms with van der Waals surface area (Å²) in [6.45, 7) is 0. The van der Waals surface area contributed by atoms with Crippen molar-refractivity contribution >= 4 is 33.3 Å². The maximum Gasteiger partial charge on any atom is 0.392 e. The molecule has 0 radical (unpaired) electrons. The number of anilines is 2. The van der Waals surface area contributed by atoms with Crippen molar-refractivity contribution in [2.75, 3.05) is 24.8 Å². The Morgan fingerprint density at radius 3 is 2.52 bits per heavy atom. The number of para-hydroxylation sites is 1. The van der Waals surface area contributed by atoms with Gasteiger partial charge in [0.05, 0.1) is 23.2 Å². The second kappa shape index (κ2) is 7.51. The fraction of sp³-hybridized carbons (Fsp3) is 0.125. The lowest BCUT2D eigenvalue weighted by molar-refractivity contribution is -0.760. The summed E-state index contributed by atoms with van der Waals surface area (Å²) in [6.07, 6.45) is 0. The lowest BCUT2D eigenvalue weighted by atomic mass is 10.2. The summed E-state index contributed by atoms with van der Waals surface area (Å²) in [5, 5.41) is 25.1. The number of hydrogen-bond donors (Lipinski definition) is 3. The van der Waals surface area contributed by atoms with Gasteiger partial charge in [0.25, 0.3) is 0 Å². The molecule has 2 aromatic rings. The van der Waals surface area contributed by atoms with Crippen molar-refractivity contribution in [2.45, 2.75) is 0 Å². The predicted octanol–water partition coefficient (Wildman–Crippen LogP) is 3.11. The number of hydroxylamine groups is 1. The van der Waals surface area contributed by atoms with E-state index in [1.165, 1.54) is 17.9 Å². The van der Waals surface area contributed by atoms with Crippen LogP contribution in [0.3, 0.4) is 0 Å². The van der Waals surface area contributed by atoms with Crippen LogP contribution >= 0.6 is 15.9 Å². The Labute approximate surface area is 142 Å². The Morgan fingerprint density at radius 2 is 1.91 bits per heavy atom. The minimum atomic E-state index is -0.0278. The minimum Gasteiger partial charge on any atom is -0.504 e. The fourth-order valence-electron chi connectivity index (χ4n) is 1.80. The highest BCUT2D eigenvalue weighted by atomic mass is 79.9. The summed E-state index contributed by atoms with van der Waals surface area (Å²) in [5.74, 6) is 0.472. The Bertz CT molecular complexity index is 784. The van der Waals surface area contributed by atoms with Crippen molar-refractivity contribution in [3.05, 3.63) is 52.5 Å². The first-order chi connectivity index (χ1) is 11.0. The molecule has 2 aromatic carbocycles. The van der Waals surface area contributed by atoms with Crippen LogP contribution in [0.4, 0.5) is 11.4 Å². The Kier molecular flexibility index (Phi) is 5.44. The van der Waals surface area contributed by atoms with Gasteiger partial charge in [0.1, 0.15) is 18.5 Å². The first-order valence-electron chi connectivity index (χ1n) is 6.71. The average Bonchev–Trinajstić information content (AvgIpc) is 2.56. The molecule has 0 aliphatic carbocycles. The fourth-order valence-corrected chi connectivity index (χ4v) is 2.19. The molecule has 0 amide bonds. The Balaban J connectivity index is 2.31. The van der Waals surface area contributed by atoms with Gasteiger partial charge in [0, 0.05) is 6.07 Å². The van der Waals surface area contributed by atoms with Gasteiger partial charge in [-0.2, -0.15) is 5.26 Å². The number of nitriles is 1. The molecule has 0 saturated heterocycles. The number of benzene rings is 2. The summed E-state index contributed by atoms with van der Waals surface area (Å²) < 4.78 is 2.37. The zero-order valence-electron chi connectivity index (χ0n) is 12.7. The van der Waals surface area contributed by atoms with E-state index >= 15 is 0 Å². The molecule has 0 fully saturated rings. The van der Waals surface area contributed by atoms with E-state index in [0.29, 0.717) is 17.2 Å². The highest BCUT2D eigenvalue weighted by Gasteiger charge is 2.17. The van der Waals surface area contributed by atoms with Gasteiger partial charge in [-0.15, -0.1) is 0 Å². The smallest absolute Gasteiger partial charge is 0.392 e. The van der Waals surface area contributed by atoms with Crippen molar-refractivity contribution in [2.24, 2.45) is 0 Å². The van der Waals surface area contributed by atoms with Gasteiger partial charge in [-0.05, 0) is 40.2 Å². The molecule has 0 bridgehead atoms. The largest absolute Gasteiger partial charge is 0.504 e. The first kappa shape index (κ1) is 16.6. The molecule has 0 aliphatic rings. The third kappa shape index (κ3) is 4.14. The monoisotopic (exact) mass is 375 g/mol. The summed E-state index contributed by atoms with van der Waals surface area (Å²) >= 11 is 3.47. The maximum absolute atomic E-state index is 10.0. The number of nitrogens with one attached hydrogen (secondary N) is 2. The molecule has 3 N–H and O–H groups in total. The standard InChI is InChI=1S/C16H15BrN4O2/c1-21(23-2)16(19-13-6-4-3-5-12(13)17)20-14-8-7-11(10-18)9-15(14)22/h3-9H,1-2H3,(H2,19,20,22)/p+1. The average molecular weight is 376 g/mol. The van der Waals surface area contributed by atoms with Crippen LogP contribution in [0.1, 0.15) is 5.56 Å². The minimum absolute atomic E-state index is 0.0278. The molecule has 0 aliphatic heterocycles. The van der Waals surface area contributed by atoms with Crippen LogP contribution in [0.5, 0.6) is 5.75 Å². The molecule has 0 heterocycles. The lowest BCUT2D eigenvalue weighted by Crippen LogP contribution is -2.32. The number of guanidine groups is 1. The highest BCUT2D eigenvalue weighted by molar-refractivity contribution is 9.10. The molecule has 23 heavy (non-hydrogen) atoms. The molecule has 7 heteroatoms. The SMILES string of the molecule is CO[N+](C)=C(Nc1ccc(C#N)cc1O)Nc1ccccc1Br. The number of hydrogen-bond acceptors (Lipinski definition) is 3. The summed E-state index contributed by atoms with van der Waals surface area (Å²) in [5.41, 5.74) is 1.66. The normalized spacial score (nSPS) is 11.2. The molecule has 0 spiro atoms. The molecular formula is C16H16BrN4O2+. The summed E-state index contributed by atoms with van der Waals surface area (Å²) in [7, 11) is 3.24. The summed E-state index contributed by atoms with van der Waals surface area (Å²) in [6, 6.07) is 14.2. The van der Waals surface area contributed by atoms with Crippen molar-refractivity contribution in [1.29, 1.82) is 5.26 Å². The van der Waals surface area contributed by atoms with Gasteiger partial charge in [0.15, 0.2) is 5.75 Å². The third-order valence-corrected chi connectivity index (χ3v) is 3.79. The molecule has 0 aromatic heterocycles. The van der Waals surface area contributed by atoms with Gasteiger partial charge in [-0.25, -0.2) is 10.6 Å². The Morgan fingerprint density at radius 1 is 1.22 bits per heavy atom. The van der Waals surface area contributed by atoms with Crippen molar-refractivity contribution in [1.82, 2.24) is 0 Å². The number of halogens is 1. The lowest BCUT2D eigenvalue weighted by Gasteiger charge is -2.11. The van der Waals surface area contributed by atoms with Gasteiger partial charge in [-0.3, -0.25) is 0 Å². The van der Waals surface area contributed by atoms with Crippen molar-refractivity contribution in [3.8, 4) is 11.8 Å². The van der Waals surface area contributed by atoms with E-state index in [1.807, 2.05) is 30.3 Å². The van der Waals surface area contributed by atoms with Gasteiger partial charge in [-0.1, -0.05) is 16.9 Å². The van der Waals surface area contributed by atoms with Crippen LogP contribution in [0, 0.1) is 11.3 Å². The number of phenols is 1. The molecule has 0 unspecified atom stereocenters. The zero-order valence-corrected chi connectivity index (χ0v) is 14.3. The third-order valence-electron chi connectivity index (χ3n) is 3.10. The Hall–Kier alpha value is -2.72. The van der Waals surface area contributed by atoms with Crippen LogP contribution in [0.25, 0.3) is 0 Å².